The molecule has 72 valence electrons. The summed E-state index contributed by atoms with van der Waals surface area (Å²) in [5.74, 6) is -4.65. The summed E-state index contributed by atoms with van der Waals surface area (Å²) in [6.07, 6.45) is -5.06. The quantitative estimate of drug-likeness (QED) is 0.533. The Hall–Kier alpha value is -0.650. The maximum atomic E-state index is 12.0. The van der Waals surface area contributed by atoms with Crippen LogP contribution in [0.25, 0.3) is 0 Å². The first kappa shape index (κ1) is 11.4. The van der Waals surface area contributed by atoms with Gasteiger partial charge in [-0.1, -0.05) is 12.2 Å². The van der Waals surface area contributed by atoms with E-state index < -0.39 is 18.5 Å². The number of hydrogen-bond donors (Lipinski definition) is 1. The van der Waals surface area contributed by atoms with E-state index in [0.29, 0.717) is 6.08 Å². The lowest BCUT2D eigenvalue weighted by Gasteiger charge is -2.17. The van der Waals surface area contributed by atoms with Crippen molar-refractivity contribution in [1.82, 2.24) is 0 Å². The van der Waals surface area contributed by atoms with Gasteiger partial charge < -0.3 is 5.73 Å². The molecule has 0 atom stereocenters. The van der Waals surface area contributed by atoms with Gasteiger partial charge in [0, 0.05) is 13.0 Å². The number of alkyl halides is 5. The predicted molar refractivity (Wildman–Crippen MR) is 33.8 cm³/mol. The Labute approximate surface area is 66.0 Å². The molecule has 0 amide bonds. The zero-order valence-electron chi connectivity index (χ0n) is 6.04. The van der Waals surface area contributed by atoms with Gasteiger partial charge in [0.15, 0.2) is 0 Å². The molecule has 0 unspecified atom stereocenters. The molecule has 2 N–H and O–H groups in total. The Balaban J connectivity index is 4.14. The topological polar surface area (TPSA) is 26.0 Å². The van der Waals surface area contributed by atoms with Gasteiger partial charge in [0.2, 0.25) is 0 Å². The van der Waals surface area contributed by atoms with E-state index in [2.05, 4.69) is 0 Å². The Morgan fingerprint density at radius 3 is 1.83 bits per heavy atom. The van der Waals surface area contributed by atoms with Crippen LogP contribution in [0.4, 0.5) is 22.0 Å². The van der Waals surface area contributed by atoms with Gasteiger partial charge in [-0.15, -0.1) is 0 Å². The Morgan fingerprint density at radius 1 is 1.00 bits per heavy atom. The molecular formula is C6H8F5N. The lowest BCUT2D eigenvalue weighted by atomic mass is 10.2. The highest BCUT2D eigenvalue weighted by Gasteiger charge is 2.56. The van der Waals surface area contributed by atoms with E-state index in [1.165, 1.54) is 0 Å². The van der Waals surface area contributed by atoms with E-state index in [4.69, 9.17) is 5.73 Å². The minimum Gasteiger partial charge on any atom is -0.327 e. The summed E-state index contributed by atoms with van der Waals surface area (Å²) < 4.78 is 58.4. The third-order valence-electron chi connectivity index (χ3n) is 1.09. The van der Waals surface area contributed by atoms with Gasteiger partial charge in [0.25, 0.3) is 0 Å². The normalized spacial score (nSPS) is 14.2. The lowest BCUT2D eigenvalue weighted by molar-refractivity contribution is -0.280. The molecule has 6 heteroatoms. The third kappa shape index (κ3) is 3.17. The van der Waals surface area contributed by atoms with Crippen molar-refractivity contribution in [2.75, 3.05) is 6.54 Å². The summed E-state index contributed by atoms with van der Waals surface area (Å²) >= 11 is 0. The molecular weight excluding hydrogens is 181 g/mol. The molecule has 0 aliphatic carbocycles. The molecule has 0 spiro atoms. The minimum absolute atomic E-state index is 0.0477. The Morgan fingerprint density at radius 2 is 1.50 bits per heavy atom. The maximum absolute atomic E-state index is 12.0. The predicted octanol–water partition coefficient (Wildman–Crippen LogP) is 2.09. The molecule has 0 fully saturated rings. The van der Waals surface area contributed by atoms with Crippen molar-refractivity contribution in [1.29, 1.82) is 0 Å². The molecule has 12 heavy (non-hydrogen) atoms. The van der Waals surface area contributed by atoms with E-state index in [-0.39, 0.29) is 6.54 Å². The largest absolute Gasteiger partial charge is 0.453 e. The molecule has 0 aliphatic rings. The van der Waals surface area contributed by atoms with Crippen molar-refractivity contribution >= 4 is 0 Å². The number of nitrogens with two attached hydrogens (primary N) is 1. The molecule has 0 aromatic carbocycles. The van der Waals surface area contributed by atoms with E-state index in [0.717, 1.165) is 6.08 Å². The smallest absolute Gasteiger partial charge is 0.327 e. The fourth-order valence-electron chi connectivity index (χ4n) is 0.443. The molecule has 1 nitrogen and oxygen atoms in total. The molecule has 0 heterocycles. The SMILES string of the molecule is NC/C=C/CC(F)(F)C(F)(F)F. The first-order valence-electron chi connectivity index (χ1n) is 3.11. The third-order valence-corrected chi connectivity index (χ3v) is 1.09. The van der Waals surface area contributed by atoms with Crippen LogP contribution in [0.15, 0.2) is 12.2 Å². The number of allylic oxidation sites excluding steroid dienone is 1. The van der Waals surface area contributed by atoms with E-state index in [1.807, 2.05) is 0 Å². The molecule has 0 aromatic heterocycles. The van der Waals surface area contributed by atoms with Crippen LogP contribution >= 0.6 is 0 Å². The molecule has 0 aromatic rings. The number of hydrogen-bond acceptors (Lipinski definition) is 1. The molecule has 0 bridgehead atoms. The van der Waals surface area contributed by atoms with Crippen molar-refractivity contribution < 1.29 is 22.0 Å². The number of halogens is 5. The molecule has 0 aliphatic heterocycles. The van der Waals surface area contributed by atoms with Crippen LogP contribution in [0, 0.1) is 0 Å². The van der Waals surface area contributed by atoms with Crippen LogP contribution in [0.5, 0.6) is 0 Å². The van der Waals surface area contributed by atoms with Crippen molar-refractivity contribution in [2.45, 2.75) is 18.5 Å². The lowest BCUT2D eigenvalue weighted by Crippen LogP contribution is -2.35. The van der Waals surface area contributed by atoms with Crippen LogP contribution in [0.1, 0.15) is 6.42 Å². The van der Waals surface area contributed by atoms with Gasteiger partial charge in [-0.3, -0.25) is 0 Å². The first-order valence-corrected chi connectivity index (χ1v) is 3.11. The van der Waals surface area contributed by atoms with Gasteiger partial charge in [-0.25, -0.2) is 0 Å². The van der Waals surface area contributed by atoms with Crippen LogP contribution in [-0.2, 0) is 0 Å². The highest BCUT2D eigenvalue weighted by molar-refractivity contribution is 4.90. The summed E-state index contributed by atoms with van der Waals surface area (Å²) in [6.45, 7) is -0.0477. The Kier molecular flexibility index (Phi) is 3.63. The summed E-state index contributed by atoms with van der Waals surface area (Å²) in [7, 11) is 0. The summed E-state index contributed by atoms with van der Waals surface area (Å²) in [5.41, 5.74) is 4.85. The first-order chi connectivity index (χ1) is 5.31. The average molecular weight is 189 g/mol. The van der Waals surface area contributed by atoms with Crippen LogP contribution < -0.4 is 5.73 Å². The average Bonchev–Trinajstić information content (AvgIpc) is 1.85. The van der Waals surface area contributed by atoms with Gasteiger partial charge in [0.05, 0.1) is 0 Å². The summed E-state index contributed by atoms with van der Waals surface area (Å²) in [4.78, 5) is 0. The highest BCUT2D eigenvalue weighted by Crippen LogP contribution is 2.38. The minimum atomic E-state index is -5.48. The molecule has 0 rings (SSSR count). The van der Waals surface area contributed by atoms with E-state index in [1.54, 1.807) is 0 Å². The second kappa shape index (κ2) is 3.84. The monoisotopic (exact) mass is 189 g/mol. The molecule has 0 saturated carbocycles. The van der Waals surface area contributed by atoms with Crippen molar-refractivity contribution in [3.63, 3.8) is 0 Å². The summed E-state index contributed by atoms with van der Waals surface area (Å²) in [6, 6.07) is 0. The molecule has 0 saturated heterocycles. The van der Waals surface area contributed by atoms with E-state index in [9.17, 15) is 22.0 Å². The van der Waals surface area contributed by atoms with Gasteiger partial charge in [-0.05, 0) is 0 Å². The second-order valence-corrected chi connectivity index (χ2v) is 2.11. The second-order valence-electron chi connectivity index (χ2n) is 2.11. The highest BCUT2D eigenvalue weighted by atomic mass is 19.4. The standard InChI is InChI=1S/C6H8F5N/c7-5(8,6(9,10)11)3-1-2-4-12/h1-2H,3-4,12H2/b2-1+. The molecule has 0 radical (unpaired) electrons. The number of rotatable bonds is 3. The van der Waals surface area contributed by atoms with Gasteiger partial charge in [-0.2, -0.15) is 22.0 Å². The fourth-order valence-corrected chi connectivity index (χ4v) is 0.443. The zero-order chi connectivity index (χ0) is 9.83. The van der Waals surface area contributed by atoms with Gasteiger partial charge >= 0.3 is 12.1 Å². The van der Waals surface area contributed by atoms with Gasteiger partial charge in [0.1, 0.15) is 0 Å². The fraction of sp³-hybridized carbons (Fsp3) is 0.667. The van der Waals surface area contributed by atoms with Crippen molar-refractivity contribution in [2.24, 2.45) is 5.73 Å². The summed E-state index contributed by atoms with van der Waals surface area (Å²) in [5, 5.41) is 0. The Bertz CT molecular complexity index is 160. The van der Waals surface area contributed by atoms with Crippen molar-refractivity contribution in [3.8, 4) is 0 Å². The van der Waals surface area contributed by atoms with Crippen LogP contribution in [-0.4, -0.2) is 18.6 Å². The van der Waals surface area contributed by atoms with E-state index >= 15 is 0 Å². The van der Waals surface area contributed by atoms with Crippen LogP contribution in [0.2, 0.25) is 0 Å². The zero-order valence-corrected chi connectivity index (χ0v) is 6.04. The maximum Gasteiger partial charge on any atom is 0.453 e. The van der Waals surface area contributed by atoms with Crippen molar-refractivity contribution in [3.05, 3.63) is 12.2 Å². The van der Waals surface area contributed by atoms with Crippen LogP contribution in [0.3, 0.4) is 0 Å².